The van der Waals surface area contributed by atoms with E-state index in [1.807, 2.05) is 67.6 Å². The molecule has 2 aliphatic rings. The molecule has 4 aromatic carbocycles. The van der Waals surface area contributed by atoms with Gasteiger partial charge in [0.25, 0.3) is 23.6 Å². The summed E-state index contributed by atoms with van der Waals surface area (Å²) < 4.78 is 13.7. The zero-order valence-corrected chi connectivity index (χ0v) is 33.0. The molecule has 0 aliphatic carbocycles. The minimum atomic E-state index is -0.476. The number of nitrogens with one attached hydrogen (secondary N) is 2. The van der Waals surface area contributed by atoms with Crippen LogP contribution in [0.25, 0.3) is 0 Å². The zero-order valence-electron chi connectivity index (χ0n) is 29.7. The van der Waals surface area contributed by atoms with E-state index < -0.39 is 5.91 Å². The first kappa shape index (κ1) is 38.9. The third kappa shape index (κ3) is 8.95. The van der Waals surface area contributed by atoms with Gasteiger partial charge in [-0.25, -0.2) is 0 Å². The molecule has 4 aromatic rings. The van der Waals surface area contributed by atoms with Crippen LogP contribution in [0.3, 0.4) is 0 Å². The smallest absolute Gasteiger partial charge is 0.263 e. The fraction of sp³-hybridized carbons (Fsp3) is 0.250. The monoisotopic (exact) mass is 798 g/mol. The van der Waals surface area contributed by atoms with Gasteiger partial charge >= 0.3 is 0 Å². The predicted octanol–water partition coefficient (Wildman–Crippen LogP) is 6.57. The maximum Gasteiger partial charge on any atom is 0.263 e. The van der Waals surface area contributed by atoms with Crippen LogP contribution in [0.15, 0.2) is 84.9 Å². The van der Waals surface area contributed by atoms with Crippen LogP contribution in [0.1, 0.15) is 63.7 Å². The average molecular weight is 799 g/mol. The van der Waals surface area contributed by atoms with Crippen molar-refractivity contribution in [2.24, 2.45) is 0 Å². The zero-order chi connectivity index (χ0) is 38.2. The van der Waals surface area contributed by atoms with Crippen molar-refractivity contribution < 1.29 is 28.7 Å². The Morgan fingerprint density at radius 3 is 1.50 bits per heavy atom. The average Bonchev–Trinajstić information content (AvgIpc) is 3.83. The summed E-state index contributed by atoms with van der Waals surface area (Å²) in [5.41, 5.74) is 4.45. The quantitative estimate of drug-likeness (QED) is 0.114. The van der Waals surface area contributed by atoms with E-state index in [-0.39, 0.29) is 66.7 Å². The van der Waals surface area contributed by atoms with Gasteiger partial charge < -0.3 is 20.1 Å². The molecular weight excluding hydrogens is 761 g/mol. The van der Waals surface area contributed by atoms with Gasteiger partial charge in [0.05, 0.1) is 11.1 Å². The Morgan fingerprint density at radius 2 is 1.00 bits per heavy atom. The standard InChI is InChI=1S/C40H38N4O6S4/c1-25-26(2)30(37(47)43-19-21-53-39(43)51)14-13-29(25)35(45)41-17-18-42-36(46)31-15-16-32(38(48)44-20-22-54-40(44)52)34(50-24-28-11-7-4-8-12-28)33(31)49-23-27-9-5-3-6-10-27/h3-16H,17-24H2,1-2H3,(H,41,45)(H,42,46). The van der Waals surface area contributed by atoms with E-state index in [1.54, 1.807) is 36.1 Å². The third-order valence-corrected chi connectivity index (χ3v) is 11.9. The van der Waals surface area contributed by atoms with Crippen LogP contribution >= 0.6 is 48.0 Å². The van der Waals surface area contributed by atoms with Crippen molar-refractivity contribution >= 4 is 80.2 Å². The Balaban J connectivity index is 1.20. The van der Waals surface area contributed by atoms with Crippen molar-refractivity contribution in [1.82, 2.24) is 20.4 Å². The van der Waals surface area contributed by atoms with Gasteiger partial charge in [0.15, 0.2) is 11.5 Å². The molecule has 54 heavy (non-hydrogen) atoms. The van der Waals surface area contributed by atoms with E-state index in [9.17, 15) is 19.2 Å². The number of hydrogen-bond donors (Lipinski definition) is 2. The summed E-state index contributed by atoms with van der Waals surface area (Å²) in [7, 11) is 0. The lowest BCUT2D eigenvalue weighted by atomic mass is 9.96. The number of carbonyl (C=O) groups excluding carboxylic acids is 4. The van der Waals surface area contributed by atoms with Crippen LogP contribution in [0.5, 0.6) is 11.5 Å². The maximum atomic E-state index is 13.9. The first-order valence-electron chi connectivity index (χ1n) is 17.3. The van der Waals surface area contributed by atoms with E-state index in [1.165, 1.54) is 28.4 Å². The summed E-state index contributed by atoms with van der Waals surface area (Å²) in [4.78, 5) is 57.2. The highest BCUT2D eigenvalue weighted by molar-refractivity contribution is 8.23. The van der Waals surface area contributed by atoms with Gasteiger partial charge in [0.2, 0.25) is 0 Å². The number of thioether (sulfide) groups is 2. The first-order chi connectivity index (χ1) is 26.1. The molecule has 6 rings (SSSR count). The van der Waals surface area contributed by atoms with Crippen molar-refractivity contribution in [1.29, 1.82) is 0 Å². The number of amides is 4. The van der Waals surface area contributed by atoms with Gasteiger partial charge in [0, 0.05) is 48.8 Å². The van der Waals surface area contributed by atoms with E-state index in [4.69, 9.17) is 33.9 Å². The summed E-state index contributed by atoms with van der Waals surface area (Å²) in [5, 5.41) is 5.73. The second-order valence-corrected chi connectivity index (χ2v) is 15.9. The Bertz CT molecular complexity index is 2100. The molecule has 0 unspecified atom stereocenters. The van der Waals surface area contributed by atoms with Gasteiger partial charge in [-0.15, -0.1) is 0 Å². The molecule has 2 N–H and O–H groups in total. The number of benzene rings is 4. The number of rotatable bonds is 13. The van der Waals surface area contributed by atoms with Crippen LogP contribution in [-0.2, 0) is 13.2 Å². The topological polar surface area (TPSA) is 117 Å². The van der Waals surface area contributed by atoms with Crippen molar-refractivity contribution in [3.8, 4) is 11.5 Å². The van der Waals surface area contributed by atoms with Crippen LogP contribution in [0.4, 0.5) is 0 Å². The lowest BCUT2D eigenvalue weighted by Gasteiger charge is -2.22. The molecule has 10 nitrogen and oxygen atoms in total. The highest BCUT2D eigenvalue weighted by atomic mass is 32.2. The van der Waals surface area contributed by atoms with Gasteiger partial charge in [-0.05, 0) is 60.4 Å². The first-order valence-corrected chi connectivity index (χ1v) is 20.1. The maximum absolute atomic E-state index is 13.9. The van der Waals surface area contributed by atoms with Gasteiger partial charge in [-0.3, -0.25) is 29.0 Å². The second kappa shape index (κ2) is 18.0. The fourth-order valence-corrected chi connectivity index (χ4v) is 8.35. The summed E-state index contributed by atoms with van der Waals surface area (Å²) in [6.07, 6.45) is 0. The Labute approximate surface area is 333 Å². The van der Waals surface area contributed by atoms with E-state index in [0.29, 0.717) is 49.7 Å². The van der Waals surface area contributed by atoms with Crippen molar-refractivity contribution in [2.45, 2.75) is 27.1 Å². The third-order valence-electron chi connectivity index (χ3n) is 9.01. The molecule has 4 amide bonds. The molecule has 0 spiro atoms. The van der Waals surface area contributed by atoms with E-state index in [2.05, 4.69) is 10.6 Å². The Morgan fingerprint density at radius 1 is 0.593 bits per heavy atom. The fourth-order valence-electron chi connectivity index (χ4n) is 5.94. The molecule has 278 valence electrons. The van der Waals surface area contributed by atoms with Crippen molar-refractivity contribution in [3.63, 3.8) is 0 Å². The molecule has 0 bridgehead atoms. The summed E-state index contributed by atoms with van der Waals surface area (Å²) in [6, 6.07) is 25.4. The highest BCUT2D eigenvalue weighted by Crippen LogP contribution is 2.38. The summed E-state index contributed by atoms with van der Waals surface area (Å²) in [6.45, 7) is 5.10. The summed E-state index contributed by atoms with van der Waals surface area (Å²) in [5.74, 6) is 0.397. The Hall–Kier alpha value is -4.76. The number of hydrogen-bond acceptors (Lipinski definition) is 10. The molecule has 0 saturated carbocycles. The van der Waals surface area contributed by atoms with Crippen LogP contribution in [0.2, 0.25) is 0 Å². The lowest BCUT2D eigenvalue weighted by molar-refractivity contribution is 0.0848. The van der Waals surface area contributed by atoms with Crippen LogP contribution in [0, 0.1) is 13.8 Å². The largest absolute Gasteiger partial charge is 0.484 e. The molecule has 2 fully saturated rings. The normalized spacial score (nSPS) is 13.9. The molecule has 14 heteroatoms. The van der Waals surface area contributed by atoms with Crippen molar-refractivity contribution in [3.05, 3.63) is 129 Å². The molecular formula is C40H38N4O6S4. The minimum Gasteiger partial charge on any atom is -0.484 e. The molecule has 2 heterocycles. The number of nitrogens with zero attached hydrogens (tertiary/aromatic N) is 2. The number of ether oxygens (including phenoxy) is 2. The lowest BCUT2D eigenvalue weighted by Crippen LogP contribution is -2.35. The molecule has 0 aromatic heterocycles. The molecule has 0 atom stereocenters. The highest BCUT2D eigenvalue weighted by Gasteiger charge is 2.31. The van der Waals surface area contributed by atoms with Crippen LogP contribution in [-0.4, -0.2) is 79.8 Å². The Kier molecular flexibility index (Phi) is 13.0. The van der Waals surface area contributed by atoms with Gasteiger partial charge in [-0.2, -0.15) is 0 Å². The SMILES string of the molecule is Cc1c(C(=O)NCCNC(=O)c2ccc(C(=O)N3CCSC3=S)c(OCc3ccccc3)c2OCc2ccccc2)ccc(C(=O)N2CCSC2=S)c1C. The predicted molar refractivity (Wildman–Crippen MR) is 221 cm³/mol. The van der Waals surface area contributed by atoms with E-state index >= 15 is 0 Å². The van der Waals surface area contributed by atoms with Crippen molar-refractivity contribution in [2.75, 3.05) is 37.7 Å². The molecule has 2 saturated heterocycles. The second-order valence-electron chi connectivity index (χ2n) is 12.4. The number of carbonyl (C=O) groups is 4. The van der Waals surface area contributed by atoms with E-state index in [0.717, 1.165) is 16.9 Å². The molecule has 2 aliphatic heterocycles. The molecule has 0 radical (unpaired) electrons. The minimum absolute atomic E-state index is 0.0987. The summed E-state index contributed by atoms with van der Waals surface area (Å²) >= 11 is 13.7. The number of thiocarbonyl (C=S) groups is 2. The van der Waals surface area contributed by atoms with Gasteiger partial charge in [-0.1, -0.05) is 109 Å². The van der Waals surface area contributed by atoms with Gasteiger partial charge in [0.1, 0.15) is 21.9 Å². The van der Waals surface area contributed by atoms with Crippen LogP contribution < -0.4 is 20.1 Å².